The lowest BCUT2D eigenvalue weighted by molar-refractivity contribution is 0.292. The maximum absolute atomic E-state index is 6.08. The molecule has 6 heteroatoms. The Kier molecular flexibility index (Phi) is 3.98. The van der Waals surface area contributed by atoms with Crippen molar-refractivity contribution in [2.24, 2.45) is 7.05 Å². The standard InChI is InChI=1S/C15H11Cl3N2O/c1-20-13-4-2-10(17)7-12(13)19-15(20)8-21-14-5-3-9(16)6-11(14)18/h2-7H,8H2,1H3. The summed E-state index contributed by atoms with van der Waals surface area (Å²) in [7, 11) is 1.94. The smallest absolute Gasteiger partial charge is 0.147 e. The molecule has 1 aromatic heterocycles. The van der Waals surface area contributed by atoms with E-state index in [0.717, 1.165) is 16.9 Å². The van der Waals surface area contributed by atoms with Crippen LogP contribution in [0.15, 0.2) is 36.4 Å². The van der Waals surface area contributed by atoms with E-state index in [0.29, 0.717) is 27.4 Å². The van der Waals surface area contributed by atoms with Crippen LogP contribution in [0.25, 0.3) is 11.0 Å². The summed E-state index contributed by atoms with van der Waals surface area (Å²) in [5.41, 5.74) is 1.84. The van der Waals surface area contributed by atoms with Crippen molar-refractivity contribution in [3.05, 3.63) is 57.3 Å². The maximum atomic E-state index is 6.08. The van der Waals surface area contributed by atoms with Crippen LogP contribution in [0.1, 0.15) is 5.82 Å². The first kappa shape index (κ1) is 14.5. The normalized spacial score (nSPS) is 11.0. The maximum Gasteiger partial charge on any atom is 0.147 e. The minimum absolute atomic E-state index is 0.310. The summed E-state index contributed by atoms with van der Waals surface area (Å²) in [6, 6.07) is 10.7. The van der Waals surface area contributed by atoms with Crippen LogP contribution >= 0.6 is 34.8 Å². The highest BCUT2D eigenvalue weighted by Crippen LogP contribution is 2.28. The number of benzene rings is 2. The zero-order chi connectivity index (χ0) is 15.0. The molecule has 0 unspecified atom stereocenters. The van der Waals surface area contributed by atoms with Crippen LogP contribution in [0.3, 0.4) is 0 Å². The number of fused-ring (bicyclic) bond motifs is 1. The topological polar surface area (TPSA) is 27.1 Å². The Balaban J connectivity index is 1.86. The summed E-state index contributed by atoms with van der Waals surface area (Å²) in [4.78, 5) is 4.52. The molecule has 0 atom stereocenters. The second-order valence-electron chi connectivity index (χ2n) is 4.58. The van der Waals surface area contributed by atoms with Gasteiger partial charge < -0.3 is 9.30 Å². The molecule has 2 aromatic carbocycles. The molecule has 0 N–H and O–H groups in total. The molecule has 0 aliphatic rings. The van der Waals surface area contributed by atoms with Gasteiger partial charge in [-0.05, 0) is 36.4 Å². The van der Waals surface area contributed by atoms with Crippen molar-refractivity contribution >= 4 is 45.8 Å². The van der Waals surface area contributed by atoms with E-state index in [9.17, 15) is 0 Å². The third-order valence-electron chi connectivity index (χ3n) is 3.19. The van der Waals surface area contributed by atoms with Gasteiger partial charge in [0.15, 0.2) is 0 Å². The van der Waals surface area contributed by atoms with E-state index in [-0.39, 0.29) is 0 Å². The van der Waals surface area contributed by atoms with Crippen LogP contribution < -0.4 is 4.74 Å². The van der Waals surface area contributed by atoms with Gasteiger partial charge in [-0.3, -0.25) is 0 Å². The Morgan fingerprint density at radius 3 is 2.52 bits per heavy atom. The molecular weight excluding hydrogens is 331 g/mol. The number of ether oxygens (including phenoxy) is 1. The van der Waals surface area contributed by atoms with Gasteiger partial charge in [-0.15, -0.1) is 0 Å². The van der Waals surface area contributed by atoms with Gasteiger partial charge in [-0.2, -0.15) is 0 Å². The number of halogens is 3. The molecule has 0 bridgehead atoms. The lowest BCUT2D eigenvalue weighted by atomic mass is 10.3. The van der Waals surface area contributed by atoms with Crippen molar-refractivity contribution in [1.29, 1.82) is 0 Å². The van der Waals surface area contributed by atoms with E-state index in [4.69, 9.17) is 39.5 Å². The first-order valence-corrected chi connectivity index (χ1v) is 7.36. The molecule has 1 heterocycles. The molecule has 3 nitrogen and oxygen atoms in total. The minimum atomic E-state index is 0.310. The van der Waals surface area contributed by atoms with Crippen LogP contribution in [0, 0.1) is 0 Å². The van der Waals surface area contributed by atoms with E-state index in [1.807, 2.05) is 29.8 Å². The van der Waals surface area contributed by atoms with Gasteiger partial charge in [-0.1, -0.05) is 34.8 Å². The fraction of sp³-hybridized carbons (Fsp3) is 0.133. The summed E-state index contributed by atoms with van der Waals surface area (Å²) >= 11 is 17.9. The number of hydrogen-bond acceptors (Lipinski definition) is 2. The van der Waals surface area contributed by atoms with Crippen molar-refractivity contribution < 1.29 is 4.74 Å². The molecule has 0 saturated heterocycles. The van der Waals surface area contributed by atoms with E-state index in [1.165, 1.54) is 0 Å². The Labute approximate surface area is 137 Å². The van der Waals surface area contributed by atoms with Gasteiger partial charge >= 0.3 is 0 Å². The largest absolute Gasteiger partial charge is 0.484 e. The Hall–Kier alpha value is -1.42. The average molecular weight is 342 g/mol. The predicted octanol–water partition coefficient (Wildman–Crippen LogP) is 5.11. The predicted molar refractivity (Wildman–Crippen MR) is 86.5 cm³/mol. The lowest BCUT2D eigenvalue weighted by Crippen LogP contribution is -2.03. The van der Waals surface area contributed by atoms with Gasteiger partial charge in [0.25, 0.3) is 0 Å². The van der Waals surface area contributed by atoms with Crippen molar-refractivity contribution in [2.45, 2.75) is 6.61 Å². The van der Waals surface area contributed by atoms with Crippen LogP contribution in [-0.2, 0) is 13.7 Å². The van der Waals surface area contributed by atoms with E-state index in [2.05, 4.69) is 4.98 Å². The third-order valence-corrected chi connectivity index (χ3v) is 3.95. The van der Waals surface area contributed by atoms with Gasteiger partial charge in [0.1, 0.15) is 18.2 Å². The third kappa shape index (κ3) is 2.95. The molecule has 3 rings (SSSR count). The fourth-order valence-electron chi connectivity index (χ4n) is 2.09. The van der Waals surface area contributed by atoms with Crippen LogP contribution in [0.4, 0.5) is 0 Å². The number of imidazole rings is 1. The van der Waals surface area contributed by atoms with Crippen LogP contribution in [0.2, 0.25) is 15.1 Å². The summed E-state index contributed by atoms with van der Waals surface area (Å²) in [5.74, 6) is 1.37. The lowest BCUT2D eigenvalue weighted by Gasteiger charge is -2.08. The second-order valence-corrected chi connectivity index (χ2v) is 5.86. The quantitative estimate of drug-likeness (QED) is 0.661. The first-order chi connectivity index (χ1) is 10.0. The van der Waals surface area contributed by atoms with Crippen LogP contribution in [-0.4, -0.2) is 9.55 Å². The Bertz CT molecular complexity index is 814. The van der Waals surface area contributed by atoms with Gasteiger partial charge in [0, 0.05) is 17.1 Å². The summed E-state index contributed by atoms with van der Waals surface area (Å²) in [5, 5.41) is 1.71. The number of aryl methyl sites for hydroxylation is 1. The highest BCUT2D eigenvalue weighted by molar-refractivity contribution is 6.35. The number of aromatic nitrogens is 2. The zero-order valence-electron chi connectivity index (χ0n) is 11.1. The first-order valence-electron chi connectivity index (χ1n) is 6.23. The van der Waals surface area contributed by atoms with Crippen molar-refractivity contribution in [1.82, 2.24) is 9.55 Å². The zero-order valence-corrected chi connectivity index (χ0v) is 13.4. The molecule has 0 amide bonds. The average Bonchev–Trinajstić information content (AvgIpc) is 2.74. The van der Waals surface area contributed by atoms with Crippen LogP contribution in [0.5, 0.6) is 5.75 Å². The number of rotatable bonds is 3. The second kappa shape index (κ2) is 5.76. The molecule has 0 fully saturated rings. The monoisotopic (exact) mass is 340 g/mol. The molecule has 3 aromatic rings. The molecule has 0 aliphatic carbocycles. The summed E-state index contributed by atoms with van der Waals surface area (Å²) < 4.78 is 7.68. The number of hydrogen-bond donors (Lipinski definition) is 0. The Morgan fingerprint density at radius 1 is 1.05 bits per heavy atom. The SMILES string of the molecule is Cn1c(COc2ccc(Cl)cc2Cl)nc2cc(Cl)ccc21. The molecule has 21 heavy (non-hydrogen) atoms. The molecule has 108 valence electrons. The van der Waals surface area contributed by atoms with Gasteiger partial charge in [-0.25, -0.2) is 4.98 Å². The van der Waals surface area contributed by atoms with E-state index < -0.39 is 0 Å². The van der Waals surface area contributed by atoms with Gasteiger partial charge in [0.05, 0.1) is 16.1 Å². The number of nitrogens with zero attached hydrogens (tertiary/aromatic N) is 2. The highest BCUT2D eigenvalue weighted by atomic mass is 35.5. The van der Waals surface area contributed by atoms with Crippen molar-refractivity contribution in [3.8, 4) is 5.75 Å². The molecule has 0 saturated carbocycles. The molecule has 0 radical (unpaired) electrons. The van der Waals surface area contributed by atoms with Crippen molar-refractivity contribution in [3.63, 3.8) is 0 Å². The molecular formula is C15H11Cl3N2O. The van der Waals surface area contributed by atoms with Crippen molar-refractivity contribution in [2.75, 3.05) is 0 Å². The molecule has 0 aliphatic heterocycles. The minimum Gasteiger partial charge on any atom is -0.484 e. The summed E-state index contributed by atoms with van der Waals surface area (Å²) in [6.45, 7) is 0.310. The van der Waals surface area contributed by atoms with Gasteiger partial charge in [0.2, 0.25) is 0 Å². The Morgan fingerprint density at radius 2 is 1.76 bits per heavy atom. The van der Waals surface area contributed by atoms with E-state index in [1.54, 1.807) is 18.2 Å². The van der Waals surface area contributed by atoms with E-state index >= 15 is 0 Å². The fourth-order valence-corrected chi connectivity index (χ4v) is 2.72. The highest BCUT2D eigenvalue weighted by Gasteiger charge is 2.10. The summed E-state index contributed by atoms with van der Waals surface area (Å²) in [6.07, 6.45) is 0. The molecule has 0 spiro atoms.